The van der Waals surface area contributed by atoms with Gasteiger partial charge < -0.3 is 19.1 Å². The van der Waals surface area contributed by atoms with Crippen molar-refractivity contribution in [1.82, 2.24) is 4.90 Å². The molecule has 2 saturated heterocycles. The van der Waals surface area contributed by atoms with Gasteiger partial charge in [-0.2, -0.15) is 0 Å². The van der Waals surface area contributed by atoms with Crippen molar-refractivity contribution in [2.24, 2.45) is 5.92 Å². The molecule has 5 atom stereocenters. The fourth-order valence-electron chi connectivity index (χ4n) is 4.78. The average molecular weight is 303 g/mol. The Kier molecular flexibility index (Phi) is 2.33. The number of methoxy groups -OCH3 is 1. The molecule has 0 bridgehead atoms. The molecular formula is C16H17NO5. The zero-order chi connectivity index (χ0) is 15.1. The van der Waals surface area contributed by atoms with Gasteiger partial charge in [-0.15, -0.1) is 0 Å². The van der Waals surface area contributed by atoms with Crippen LogP contribution in [0.5, 0.6) is 0 Å². The lowest BCUT2D eigenvalue weighted by atomic mass is 9.65. The molecular weight excluding hydrogens is 286 g/mol. The van der Waals surface area contributed by atoms with Crippen molar-refractivity contribution >= 4 is 11.9 Å². The van der Waals surface area contributed by atoms with Gasteiger partial charge in [-0.05, 0) is 17.6 Å². The molecule has 5 unspecified atom stereocenters. The summed E-state index contributed by atoms with van der Waals surface area (Å²) in [6, 6.07) is 0. The summed E-state index contributed by atoms with van der Waals surface area (Å²) >= 11 is 0. The highest BCUT2D eigenvalue weighted by Crippen LogP contribution is 2.58. The molecule has 0 radical (unpaired) electrons. The summed E-state index contributed by atoms with van der Waals surface area (Å²) in [7, 11) is 1.68. The first-order chi connectivity index (χ1) is 10.6. The minimum absolute atomic E-state index is 0.0271. The lowest BCUT2D eigenvalue weighted by Gasteiger charge is -2.52. The van der Waals surface area contributed by atoms with E-state index in [9.17, 15) is 9.59 Å². The van der Waals surface area contributed by atoms with E-state index in [1.165, 1.54) is 0 Å². The Morgan fingerprint density at radius 2 is 2.18 bits per heavy atom. The van der Waals surface area contributed by atoms with Crippen LogP contribution in [0.25, 0.3) is 0 Å². The Balaban J connectivity index is 1.69. The quantitative estimate of drug-likeness (QED) is 0.511. The highest BCUT2D eigenvalue weighted by Gasteiger charge is 2.67. The zero-order valence-electron chi connectivity index (χ0n) is 12.3. The van der Waals surface area contributed by atoms with Gasteiger partial charge in [-0.25, -0.2) is 4.79 Å². The topological polar surface area (TPSA) is 68.4 Å². The molecule has 22 heavy (non-hydrogen) atoms. The number of nitrogens with zero attached hydrogens (tertiary/aromatic N) is 1. The number of hydrogen-bond donors (Lipinski definition) is 0. The Morgan fingerprint density at radius 1 is 1.32 bits per heavy atom. The van der Waals surface area contributed by atoms with Gasteiger partial charge in [0, 0.05) is 38.1 Å². The minimum Gasteiger partial charge on any atom is -0.462 e. The highest BCUT2D eigenvalue weighted by atomic mass is 16.6. The highest BCUT2D eigenvalue weighted by molar-refractivity contribution is 5.96. The van der Waals surface area contributed by atoms with Crippen LogP contribution >= 0.6 is 0 Å². The van der Waals surface area contributed by atoms with Crippen LogP contribution in [0, 0.1) is 5.92 Å². The van der Waals surface area contributed by atoms with Crippen LogP contribution in [0.1, 0.15) is 12.8 Å². The Bertz CT molecular complexity index is 653. The predicted molar refractivity (Wildman–Crippen MR) is 73.8 cm³/mol. The Hall–Kier alpha value is -1.66. The first-order valence-corrected chi connectivity index (χ1v) is 7.76. The van der Waals surface area contributed by atoms with E-state index in [4.69, 9.17) is 14.2 Å². The molecule has 6 heteroatoms. The predicted octanol–water partition coefficient (Wildman–Crippen LogP) is 0.183. The molecule has 1 amide bonds. The third-order valence-corrected chi connectivity index (χ3v) is 5.80. The van der Waals surface area contributed by atoms with Crippen LogP contribution in [-0.2, 0) is 23.8 Å². The number of piperidine rings is 1. The molecule has 0 aromatic heterocycles. The standard InChI is InChI=1S/C16H17NO5/c1-20-11-6-16-9-5-13(19)21-7-8(9)2-3-17(16)12(18)4-10(16)14-15(11)22-14/h4-5,8,11,14-15H,2-3,6-7H2,1H3. The second-order valence-corrected chi connectivity index (χ2v) is 6.66. The van der Waals surface area contributed by atoms with E-state index < -0.39 is 5.54 Å². The maximum Gasteiger partial charge on any atom is 0.330 e. The number of amides is 1. The first kappa shape index (κ1) is 12.8. The molecule has 4 aliphatic heterocycles. The van der Waals surface area contributed by atoms with Crippen LogP contribution in [0.3, 0.4) is 0 Å². The number of cyclic esters (lactones) is 1. The fourth-order valence-corrected chi connectivity index (χ4v) is 4.78. The van der Waals surface area contributed by atoms with Crippen molar-refractivity contribution in [3.63, 3.8) is 0 Å². The van der Waals surface area contributed by atoms with Gasteiger partial charge in [0.05, 0.1) is 18.2 Å². The van der Waals surface area contributed by atoms with Crippen LogP contribution in [0.2, 0.25) is 0 Å². The lowest BCUT2D eigenvalue weighted by Crippen LogP contribution is -2.61. The maximum absolute atomic E-state index is 12.5. The molecule has 0 N–H and O–H groups in total. The summed E-state index contributed by atoms with van der Waals surface area (Å²) in [4.78, 5) is 26.2. The van der Waals surface area contributed by atoms with E-state index in [2.05, 4.69) is 0 Å². The normalized spacial score (nSPS) is 45.0. The lowest BCUT2D eigenvalue weighted by molar-refractivity contribution is -0.143. The molecule has 0 aromatic carbocycles. The van der Waals surface area contributed by atoms with Crippen molar-refractivity contribution in [3.8, 4) is 0 Å². The molecule has 5 rings (SSSR count). The SMILES string of the molecule is COC1CC23C4=CC(=O)OCC4CCN2C(=O)C=C3C2OC12. The molecule has 5 aliphatic rings. The molecule has 1 saturated carbocycles. The van der Waals surface area contributed by atoms with E-state index in [0.29, 0.717) is 19.6 Å². The van der Waals surface area contributed by atoms with E-state index in [1.807, 2.05) is 4.90 Å². The van der Waals surface area contributed by atoms with E-state index in [-0.39, 0.29) is 36.1 Å². The summed E-state index contributed by atoms with van der Waals surface area (Å²) in [6.45, 7) is 1.10. The number of rotatable bonds is 1. The number of fused-ring (bicyclic) bond motifs is 3. The van der Waals surface area contributed by atoms with Gasteiger partial charge in [-0.3, -0.25) is 4.79 Å². The smallest absolute Gasteiger partial charge is 0.330 e. The summed E-state index contributed by atoms with van der Waals surface area (Å²) < 4.78 is 16.6. The summed E-state index contributed by atoms with van der Waals surface area (Å²) in [5.41, 5.74) is 1.50. The molecule has 116 valence electrons. The largest absolute Gasteiger partial charge is 0.462 e. The number of ether oxygens (including phenoxy) is 3. The summed E-state index contributed by atoms with van der Waals surface area (Å²) in [6.07, 6.45) is 4.77. The molecule has 1 aliphatic carbocycles. The van der Waals surface area contributed by atoms with Crippen LogP contribution < -0.4 is 0 Å². The Labute approximate surface area is 127 Å². The van der Waals surface area contributed by atoms with Crippen LogP contribution in [0.4, 0.5) is 0 Å². The summed E-state index contributed by atoms with van der Waals surface area (Å²) in [5, 5.41) is 0. The molecule has 3 fully saturated rings. The van der Waals surface area contributed by atoms with E-state index in [0.717, 1.165) is 17.6 Å². The third kappa shape index (κ3) is 1.37. The monoisotopic (exact) mass is 303 g/mol. The van der Waals surface area contributed by atoms with Crippen molar-refractivity contribution in [3.05, 3.63) is 23.3 Å². The minimum atomic E-state index is -0.530. The van der Waals surface area contributed by atoms with Crippen molar-refractivity contribution in [2.75, 3.05) is 20.3 Å². The van der Waals surface area contributed by atoms with Crippen molar-refractivity contribution < 1.29 is 23.8 Å². The molecule has 0 aromatic rings. The van der Waals surface area contributed by atoms with Gasteiger partial charge in [0.2, 0.25) is 5.91 Å². The van der Waals surface area contributed by atoms with E-state index >= 15 is 0 Å². The molecule has 1 spiro atoms. The van der Waals surface area contributed by atoms with Crippen LogP contribution in [0.15, 0.2) is 23.3 Å². The molecule has 4 heterocycles. The third-order valence-electron chi connectivity index (χ3n) is 5.80. The Morgan fingerprint density at radius 3 is 3.00 bits per heavy atom. The van der Waals surface area contributed by atoms with Crippen LogP contribution in [-0.4, -0.2) is 60.9 Å². The van der Waals surface area contributed by atoms with Crippen molar-refractivity contribution in [2.45, 2.75) is 36.7 Å². The second kappa shape index (κ2) is 4.00. The van der Waals surface area contributed by atoms with E-state index in [1.54, 1.807) is 19.3 Å². The number of carbonyl (C=O) groups excluding carboxylic acids is 2. The van der Waals surface area contributed by atoms with Gasteiger partial charge in [0.25, 0.3) is 0 Å². The number of esters is 1. The summed E-state index contributed by atoms with van der Waals surface area (Å²) in [5.74, 6) is -0.0932. The number of carbonyl (C=O) groups is 2. The van der Waals surface area contributed by atoms with Gasteiger partial charge >= 0.3 is 5.97 Å². The second-order valence-electron chi connectivity index (χ2n) is 6.66. The van der Waals surface area contributed by atoms with Gasteiger partial charge in [-0.1, -0.05) is 0 Å². The molecule has 6 nitrogen and oxygen atoms in total. The maximum atomic E-state index is 12.5. The average Bonchev–Trinajstić information content (AvgIpc) is 3.25. The number of hydrogen-bond acceptors (Lipinski definition) is 5. The zero-order valence-corrected chi connectivity index (χ0v) is 12.3. The number of epoxide rings is 1. The van der Waals surface area contributed by atoms with Gasteiger partial charge in [0.1, 0.15) is 12.2 Å². The first-order valence-electron chi connectivity index (χ1n) is 7.76. The van der Waals surface area contributed by atoms with Gasteiger partial charge in [0.15, 0.2) is 0 Å². The van der Waals surface area contributed by atoms with Crippen molar-refractivity contribution in [1.29, 1.82) is 0 Å². The fraction of sp³-hybridized carbons (Fsp3) is 0.625.